The summed E-state index contributed by atoms with van der Waals surface area (Å²) >= 11 is 0. The summed E-state index contributed by atoms with van der Waals surface area (Å²) in [7, 11) is 0. The van der Waals surface area contributed by atoms with E-state index in [1.807, 2.05) is 0 Å². The first-order chi connectivity index (χ1) is 11.0. The summed E-state index contributed by atoms with van der Waals surface area (Å²) in [6.45, 7) is 0. The highest BCUT2D eigenvalue weighted by Crippen LogP contribution is 2.42. The molecule has 0 spiro atoms. The average molecular weight is 356 g/mol. The van der Waals surface area contributed by atoms with Gasteiger partial charge in [-0.05, 0) is 23.8 Å². The normalized spacial score (nSPS) is 12.5. The smallest absolute Gasteiger partial charge is 0.405 e. The van der Waals surface area contributed by atoms with Crippen LogP contribution in [0.25, 0.3) is 11.1 Å². The number of ether oxygens (including phenoxy) is 1. The van der Waals surface area contributed by atoms with Crippen LogP contribution in [0.15, 0.2) is 42.5 Å². The molecule has 0 fully saturated rings. The van der Waals surface area contributed by atoms with Crippen LogP contribution in [-0.2, 0) is 6.18 Å². The van der Waals surface area contributed by atoms with Crippen molar-refractivity contribution in [1.29, 1.82) is 0 Å². The van der Waals surface area contributed by atoms with Crippen LogP contribution in [0.1, 0.15) is 17.6 Å². The van der Waals surface area contributed by atoms with Crippen LogP contribution in [0.5, 0.6) is 5.75 Å². The van der Waals surface area contributed by atoms with E-state index in [1.54, 1.807) is 0 Å². The number of benzene rings is 2. The van der Waals surface area contributed by atoms with Crippen molar-refractivity contribution in [3.63, 3.8) is 0 Å². The minimum Gasteiger partial charge on any atom is -0.405 e. The van der Waals surface area contributed by atoms with Crippen molar-refractivity contribution in [2.24, 2.45) is 0 Å². The van der Waals surface area contributed by atoms with Gasteiger partial charge >= 0.3 is 12.5 Å². The fourth-order valence-corrected chi connectivity index (χ4v) is 2.07. The largest absolute Gasteiger partial charge is 0.573 e. The lowest BCUT2D eigenvalue weighted by Gasteiger charge is -2.18. The van der Waals surface area contributed by atoms with Gasteiger partial charge < -0.3 is 4.74 Å². The molecule has 24 heavy (non-hydrogen) atoms. The molecule has 0 heterocycles. The first kappa shape index (κ1) is 18.0. The van der Waals surface area contributed by atoms with E-state index in [4.69, 9.17) is 0 Å². The molecule has 130 valence electrons. The number of alkyl halides is 8. The van der Waals surface area contributed by atoms with Gasteiger partial charge in [-0.2, -0.15) is 13.2 Å². The Morgan fingerprint density at radius 3 is 1.96 bits per heavy atom. The van der Waals surface area contributed by atoms with Gasteiger partial charge in [0, 0.05) is 11.1 Å². The van der Waals surface area contributed by atoms with Gasteiger partial charge in [0.05, 0.1) is 5.56 Å². The van der Waals surface area contributed by atoms with Crippen molar-refractivity contribution in [1.82, 2.24) is 0 Å². The molecule has 2 aromatic carbocycles. The van der Waals surface area contributed by atoms with Crippen molar-refractivity contribution in [3.8, 4) is 16.9 Å². The van der Waals surface area contributed by atoms with Gasteiger partial charge in [-0.15, -0.1) is 13.2 Å². The molecule has 0 aromatic heterocycles. The molecule has 0 unspecified atom stereocenters. The van der Waals surface area contributed by atoms with E-state index in [1.165, 1.54) is 6.07 Å². The number of para-hydroxylation sites is 1. The van der Waals surface area contributed by atoms with Crippen molar-refractivity contribution in [3.05, 3.63) is 53.6 Å². The van der Waals surface area contributed by atoms with E-state index in [0.29, 0.717) is 18.2 Å². The summed E-state index contributed by atoms with van der Waals surface area (Å²) in [4.78, 5) is 0. The molecule has 0 N–H and O–H groups in total. The molecule has 0 aliphatic rings. The van der Waals surface area contributed by atoms with Crippen LogP contribution in [0.3, 0.4) is 0 Å². The number of rotatable bonds is 3. The fraction of sp³-hybridized carbons (Fsp3) is 0.200. The third-order valence-electron chi connectivity index (χ3n) is 3.00. The average Bonchev–Trinajstić information content (AvgIpc) is 2.44. The molecular formula is C15H8F8O. The van der Waals surface area contributed by atoms with Gasteiger partial charge in [0.25, 0.3) is 6.43 Å². The lowest BCUT2D eigenvalue weighted by Crippen LogP contribution is -2.18. The molecule has 0 amide bonds. The summed E-state index contributed by atoms with van der Waals surface area (Å²) in [5.74, 6) is -0.915. The van der Waals surface area contributed by atoms with Crippen molar-refractivity contribution in [2.45, 2.75) is 19.0 Å². The van der Waals surface area contributed by atoms with Gasteiger partial charge in [0.15, 0.2) is 0 Å². The summed E-state index contributed by atoms with van der Waals surface area (Å²) in [6, 6.07) is 5.51. The lowest BCUT2D eigenvalue weighted by atomic mass is 9.96. The Hall–Kier alpha value is -2.32. The zero-order chi connectivity index (χ0) is 18.1. The second-order valence-corrected chi connectivity index (χ2v) is 4.65. The van der Waals surface area contributed by atoms with Crippen LogP contribution >= 0.6 is 0 Å². The maximum atomic E-state index is 13.1. The van der Waals surface area contributed by atoms with Gasteiger partial charge in [0.1, 0.15) is 5.75 Å². The minimum atomic E-state index is -5.14. The van der Waals surface area contributed by atoms with E-state index >= 15 is 0 Å². The van der Waals surface area contributed by atoms with E-state index in [0.717, 1.165) is 18.2 Å². The fourth-order valence-electron chi connectivity index (χ4n) is 2.07. The number of hydrogen-bond acceptors (Lipinski definition) is 1. The standard InChI is InChI=1S/C15H8F8O/c16-13(17)8-5-6-11(14(18,19)20)10(7-8)9-3-1-2-4-12(9)24-15(21,22)23/h1-7,13H. The highest BCUT2D eigenvalue weighted by molar-refractivity contribution is 5.74. The zero-order valence-electron chi connectivity index (χ0n) is 11.6. The Morgan fingerprint density at radius 1 is 0.792 bits per heavy atom. The highest BCUT2D eigenvalue weighted by Gasteiger charge is 2.36. The second kappa shape index (κ2) is 6.29. The van der Waals surface area contributed by atoms with E-state index in [-0.39, 0.29) is 0 Å². The molecule has 0 saturated carbocycles. The monoisotopic (exact) mass is 356 g/mol. The SMILES string of the molecule is FC(F)c1ccc(C(F)(F)F)c(-c2ccccc2OC(F)(F)F)c1. The summed E-state index contributed by atoms with van der Waals surface area (Å²) in [5.41, 5.74) is -3.50. The van der Waals surface area contributed by atoms with Crippen LogP contribution < -0.4 is 4.74 Å². The van der Waals surface area contributed by atoms with E-state index in [2.05, 4.69) is 4.74 Å². The maximum absolute atomic E-state index is 13.1. The molecular weight excluding hydrogens is 348 g/mol. The Bertz CT molecular complexity index is 718. The number of hydrogen-bond donors (Lipinski definition) is 0. The molecule has 0 aliphatic heterocycles. The molecule has 0 bridgehead atoms. The molecule has 2 aromatic rings. The van der Waals surface area contributed by atoms with Crippen LogP contribution in [0, 0.1) is 0 Å². The third kappa shape index (κ3) is 4.15. The molecule has 1 nitrogen and oxygen atoms in total. The molecule has 0 saturated heterocycles. The summed E-state index contributed by atoms with van der Waals surface area (Å²) in [6.07, 6.45) is -13.2. The van der Waals surface area contributed by atoms with Gasteiger partial charge in [-0.3, -0.25) is 0 Å². The predicted octanol–water partition coefficient (Wildman–Crippen LogP) is 6.21. The topological polar surface area (TPSA) is 9.23 Å². The zero-order valence-corrected chi connectivity index (χ0v) is 11.6. The highest BCUT2D eigenvalue weighted by atomic mass is 19.4. The minimum absolute atomic E-state index is 0.404. The first-order valence-electron chi connectivity index (χ1n) is 6.33. The van der Waals surface area contributed by atoms with Crippen LogP contribution in [0.4, 0.5) is 35.1 Å². The van der Waals surface area contributed by atoms with Crippen LogP contribution in [-0.4, -0.2) is 6.36 Å². The molecule has 0 atom stereocenters. The summed E-state index contributed by atoms with van der Waals surface area (Å²) in [5, 5.41) is 0. The van der Waals surface area contributed by atoms with Crippen molar-refractivity contribution >= 4 is 0 Å². The Kier molecular flexibility index (Phi) is 4.73. The predicted molar refractivity (Wildman–Crippen MR) is 68.5 cm³/mol. The molecule has 0 aliphatic carbocycles. The van der Waals surface area contributed by atoms with E-state index < -0.39 is 47.0 Å². The van der Waals surface area contributed by atoms with E-state index in [9.17, 15) is 35.1 Å². The lowest BCUT2D eigenvalue weighted by molar-refractivity contribution is -0.274. The van der Waals surface area contributed by atoms with Gasteiger partial charge in [0.2, 0.25) is 0 Å². The van der Waals surface area contributed by atoms with Gasteiger partial charge in [-0.1, -0.05) is 24.3 Å². The quantitative estimate of drug-likeness (QED) is 0.594. The second-order valence-electron chi connectivity index (χ2n) is 4.65. The Balaban J connectivity index is 2.69. The van der Waals surface area contributed by atoms with Gasteiger partial charge in [-0.25, -0.2) is 8.78 Å². The maximum Gasteiger partial charge on any atom is 0.573 e. The summed E-state index contributed by atoms with van der Waals surface area (Å²) < 4.78 is 106. The molecule has 9 heteroatoms. The Labute approximate surface area is 130 Å². The number of halogens is 8. The molecule has 2 rings (SSSR count). The molecule has 0 radical (unpaired) electrons. The van der Waals surface area contributed by atoms with Crippen molar-refractivity contribution < 1.29 is 39.9 Å². The first-order valence-corrected chi connectivity index (χ1v) is 6.33. The third-order valence-corrected chi connectivity index (χ3v) is 3.00. The van der Waals surface area contributed by atoms with Crippen molar-refractivity contribution in [2.75, 3.05) is 0 Å². The van der Waals surface area contributed by atoms with Crippen LogP contribution in [0.2, 0.25) is 0 Å². The Morgan fingerprint density at radius 2 is 1.42 bits per heavy atom.